The van der Waals surface area contributed by atoms with E-state index in [1.165, 1.54) is 98.9 Å². The summed E-state index contributed by atoms with van der Waals surface area (Å²) in [5, 5.41) is 116. The first-order valence-corrected chi connectivity index (χ1v) is 38.0. The van der Waals surface area contributed by atoms with Gasteiger partial charge in [0.1, 0.15) is 67.9 Å². The standard InChI is InChI=1S/C78H100N8O33/c1-39-25-51-72(98)85(77(104)115-36-41-7-9-53(46(27-41)68(94)80-14-19-106-3)117-59-31-48(74(100)101)61(88)63(90)62(59)89)49-32-57(55(108-5)29-44(49)70(96)83(51)34-39)113-16-11-43(82-60(87)38-112-24-23-111-22-21-110-18-13-79)12-17-114-58-33-50-45(30-56(58)109-6)71(97)84-35-40(2)26-52(84)73(99)86(50)78(105)116-37-42-8-10-54(47(28-42)69(95)81-15-20-107-4)118-76-66(93)64(91)65(92)67(119-76)75(102)103/h7-10,27-30,32-33,43,48,51-52,59,61-67,72-73,76,88-93,98-99H,1-2,11-26,31,34-38,79H2,3-6H3,(H,80,94)(H,81,95)(H,82,87)(H,100,101)(H,102,103)/t43?,48-,51-,52-,59+,61+,62-,63-,64-,65-,66+,67-,72?,73?,76+/m0/s1. The molecule has 1 saturated carbocycles. The lowest BCUT2D eigenvalue weighted by Gasteiger charge is -2.38. The first kappa shape index (κ1) is 90.7. The number of carboxylic acid groups (broad SMARTS) is 2. The molecule has 119 heavy (non-hydrogen) atoms. The van der Waals surface area contributed by atoms with Crippen LogP contribution in [-0.2, 0) is 65.5 Å². The number of carbonyl (C=O) groups is 9. The Morgan fingerprint density at radius 3 is 1.47 bits per heavy atom. The number of aliphatic hydroxyl groups is 8. The van der Waals surface area contributed by atoms with Gasteiger partial charge in [-0.1, -0.05) is 36.4 Å². The van der Waals surface area contributed by atoms with E-state index in [0.717, 1.165) is 9.80 Å². The SMILES string of the molecule is C=C1C[C@H]2C(O)N(C(=O)OCc3ccc(O[C@@H]4O[C@H](C(=O)O)[C@@H](O)[C@H](O)[C@H]4O)c(C(=O)NCCOC)c3)c3cc(OCCC(CCOc4cc5c(cc4OC)C(=O)N4CC(=C)C[C@H]4C(O)N5C(=O)OCc4ccc(O[C@@H]5C[C@H](C(=O)O)[C@@H](O)[C@H](O)[C@H]5O)c(C(=O)NCCOC)c4)NC(=O)COCCOCCOCCN)c(OC)cc3C(=O)N2C1. The lowest BCUT2D eigenvalue weighted by molar-refractivity contribution is -0.271. The predicted octanol–water partition coefficient (Wildman–Crippen LogP) is -1.12. The van der Waals surface area contributed by atoms with Crippen molar-refractivity contribution in [3.63, 3.8) is 0 Å². The summed E-state index contributed by atoms with van der Waals surface area (Å²) >= 11 is 0. The Labute approximate surface area is 681 Å². The highest BCUT2D eigenvalue weighted by atomic mass is 16.7. The third-order valence-corrected chi connectivity index (χ3v) is 20.4. The number of anilines is 2. The lowest BCUT2D eigenvalue weighted by atomic mass is 9.80. The van der Waals surface area contributed by atoms with Crippen molar-refractivity contribution in [1.29, 1.82) is 0 Å². The van der Waals surface area contributed by atoms with Crippen LogP contribution in [0.15, 0.2) is 85.0 Å². The van der Waals surface area contributed by atoms with Crippen LogP contribution in [0.4, 0.5) is 21.0 Å². The number of aliphatic carboxylic acids is 2. The summed E-state index contributed by atoms with van der Waals surface area (Å²) in [5.74, 6) is -8.80. The van der Waals surface area contributed by atoms with E-state index < -0.39 is 172 Å². The number of carbonyl (C=O) groups excluding carboxylic acids is 7. The Hall–Kier alpha value is -10.6. The number of ether oxygens (including phenoxy) is 14. The molecule has 3 saturated heterocycles. The van der Waals surface area contributed by atoms with Crippen molar-refractivity contribution in [1.82, 2.24) is 25.8 Å². The van der Waals surface area contributed by atoms with Gasteiger partial charge >= 0.3 is 24.1 Å². The fourth-order valence-corrected chi connectivity index (χ4v) is 14.3. The summed E-state index contributed by atoms with van der Waals surface area (Å²) in [6.07, 6.45) is -23.5. The van der Waals surface area contributed by atoms with E-state index in [9.17, 15) is 94.2 Å². The molecule has 4 aromatic rings. The molecule has 6 aliphatic rings. The van der Waals surface area contributed by atoms with Gasteiger partial charge in [0.05, 0.1) is 131 Å². The molecular formula is C78H100N8O33. The van der Waals surface area contributed by atoms with Crippen LogP contribution in [0.2, 0.25) is 0 Å². The van der Waals surface area contributed by atoms with Crippen molar-refractivity contribution in [2.24, 2.45) is 11.7 Å². The molecule has 1 aliphatic carbocycles. The van der Waals surface area contributed by atoms with Gasteiger partial charge < -0.3 is 149 Å². The van der Waals surface area contributed by atoms with Gasteiger partial charge in [0.25, 0.3) is 23.6 Å². The zero-order chi connectivity index (χ0) is 86.1. The largest absolute Gasteiger partial charge is 0.493 e. The monoisotopic (exact) mass is 1680 g/mol. The number of aliphatic hydroxyl groups excluding tert-OH is 8. The molecule has 7 amide bonds. The lowest BCUT2D eigenvalue weighted by Crippen LogP contribution is -2.61. The summed E-state index contributed by atoms with van der Waals surface area (Å²) in [6, 6.07) is 9.95. The Balaban J connectivity index is 0.894. The molecule has 4 fully saturated rings. The van der Waals surface area contributed by atoms with Crippen molar-refractivity contribution >= 4 is 65.0 Å². The highest BCUT2D eigenvalue weighted by Crippen LogP contribution is 2.45. The second kappa shape index (κ2) is 41.9. The minimum Gasteiger partial charge on any atom is -0.493 e. The molecule has 15 N–H and O–H groups in total. The molecule has 0 aromatic heterocycles. The summed E-state index contributed by atoms with van der Waals surface area (Å²) in [5.41, 5.74) is 5.75. The molecule has 0 spiro atoms. The fraction of sp³-hybridized carbons (Fsp3) is 0.526. The van der Waals surface area contributed by atoms with Crippen LogP contribution in [0.3, 0.4) is 0 Å². The van der Waals surface area contributed by atoms with Gasteiger partial charge in [-0.15, -0.1) is 0 Å². The molecule has 10 rings (SSSR count). The molecule has 41 heteroatoms. The molecule has 3 unspecified atom stereocenters. The van der Waals surface area contributed by atoms with Gasteiger partial charge in [-0.25, -0.2) is 24.2 Å². The van der Waals surface area contributed by atoms with Crippen molar-refractivity contribution < 1.29 is 161 Å². The average molecular weight is 1680 g/mol. The highest BCUT2D eigenvalue weighted by molar-refractivity contribution is 6.07. The summed E-state index contributed by atoms with van der Waals surface area (Å²) in [7, 11) is 5.38. The van der Waals surface area contributed by atoms with Gasteiger partial charge in [0.2, 0.25) is 12.2 Å². The zero-order valence-electron chi connectivity index (χ0n) is 65.6. The number of amides is 7. The van der Waals surface area contributed by atoms with Crippen molar-refractivity contribution in [3.05, 3.63) is 118 Å². The average Bonchev–Trinajstić information content (AvgIpc) is 1.61. The smallest absolute Gasteiger partial charge is 0.416 e. The summed E-state index contributed by atoms with van der Waals surface area (Å²) in [4.78, 5) is 129. The van der Waals surface area contributed by atoms with E-state index in [0.29, 0.717) is 24.3 Å². The molecule has 650 valence electrons. The van der Waals surface area contributed by atoms with Gasteiger partial charge in [0.15, 0.2) is 41.6 Å². The minimum absolute atomic E-state index is 0.00229. The van der Waals surface area contributed by atoms with Crippen LogP contribution in [-0.4, -0.2) is 327 Å². The Morgan fingerprint density at radius 1 is 0.538 bits per heavy atom. The number of carboxylic acids is 2. The van der Waals surface area contributed by atoms with E-state index in [4.69, 9.17) is 72.0 Å². The molecule has 5 aliphatic heterocycles. The highest BCUT2D eigenvalue weighted by Gasteiger charge is 2.52. The fourth-order valence-electron chi connectivity index (χ4n) is 14.3. The van der Waals surface area contributed by atoms with Crippen LogP contribution < -0.4 is 59.9 Å². The second-order valence-corrected chi connectivity index (χ2v) is 28.6. The number of fused-ring (bicyclic) bond motifs is 4. The molecule has 0 radical (unpaired) electrons. The number of nitrogens with two attached hydrogens (primary N) is 1. The van der Waals surface area contributed by atoms with Crippen LogP contribution in [0, 0.1) is 5.92 Å². The molecular weight excluding hydrogens is 1580 g/mol. The number of nitrogens with one attached hydrogen (secondary N) is 3. The quantitative estimate of drug-likeness (QED) is 0.0186. The molecule has 4 aromatic carbocycles. The Morgan fingerprint density at radius 2 is 1.01 bits per heavy atom. The number of benzene rings is 4. The Bertz CT molecular complexity index is 4080. The number of hydrogen-bond acceptors (Lipinski definition) is 32. The van der Waals surface area contributed by atoms with E-state index in [-0.39, 0.29) is 184 Å². The van der Waals surface area contributed by atoms with Crippen molar-refractivity contribution in [3.8, 4) is 34.5 Å². The normalized spacial score (nSPS) is 24.1. The second-order valence-electron chi connectivity index (χ2n) is 28.6. The van der Waals surface area contributed by atoms with Crippen molar-refractivity contribution in [2.45, 2.75) is 131 Å². The van der Waals surface area contributed by atoms with Gasteiger partial charge in [-0.2, -0.15) is 0 Å². The summed E-state index contributed by atoms with van der Waals surface area (Å²) < 4.78 is 79.8. The van der Waals surface area contributed by atoms with E-state index in [1.54, 1.807) is 0 Å². The maximum atomic E-state index is 14.8. The van der Waals surface area contributed by atoms with Crippen LogP contribution in [0.1, 0.15) is 84.7 Å². The number of methoxy groups -OCH3 is 4. The van der Waals surface area contributed by atoms with Crippen LogP contribution in [0.25, 0.3) is 0 Å². The van der Waals surface area contributed by atoms with Gasteiger partial charge in [-0.05, 0) is 60.4 Å². The van der Waals surface area contributed by atoms with Gasteiger partial charge in [-0.3, -0.25) is 28.8 Å². The third-order valence-electron chi connectivity index (χ3n) is 20.4. The topological polar surface area (TPSA) is 560 Å². The van der Waals surface area contributed by atoms with E-state index >= 15 is 0 Å². The minimum atomic E-state index is -2.06. The van der Waals surface area contributed by atoms with Gasteiger partial charge in [0, 0.05) is 84.4 Å². The maximum absolute atomic E-state index is 14.8. The van der Waals surface area contributed by atoms with Crippen LogP contribution in [0.5, 0.6) is 34.5 Å². The Kier molecular flexibility index (Phi) is 31.9. The first-order valence-electron chi connectivity index (χ1n) is 38.0. The van der Waals surface area contributed by atoms with Crippen LogP contribution >= 0.6 is 0 Å². The maximum Gasteiger partial charge on any atom is 0.416 e. The third kappa shape index (κ3) is 21.7. The molecule has 15 atom stereocenters. The summed E-state index contributed by atoms with van der Waals surface area (Å²) in [6.45, 7) is 7.30. The molecule has 0 bridgehead atoms. The number of rotatable bonds is 39. The molecule has 5 heterocycles. The van der Waals surface area contributed by atoms with E-state index in [2.05, 4.69) is 29.1 Å². The number of hydrogen-bond donors (Lipinski definition) is 14. The zero-order valence-corrected chi connectivity index (χ0v) is 65.6. The first-order chi connectivity index (χ1) is 57.0. The number of nitrogens with zero attached hydrogens (tertiary/aromatic N) is 4. The molecule has 41 nitrogen and oxygen atoms in total. The predicted molar refractivity (Wildman–Crippen MR) is 409 cm³/mol. The van der Waals surface area contributed by atoms with Crippen molar-refractivity contribution in [2.75, 3.05) is 137 Å². The van der Waals surface area contributed by atoms with E-state index in [1.807, 2.05) is 0 Å².